The van der Waals surface area contributed by atoms with Gasteiger partial charge in [0.15, 0.2) is 5.13 Å². The second-order valence-corrected chi connectivity index (χ2v) is 5.94. The maximum atomic E-state index is 11.9. The van der Waals surface area contributed by atoms with Crippen molar-refractivity contribution < 1.29 is 4.79 Å². The third kappa shape index (κ3) is 2.92. The minimum atomic E-state index is -0.0463. The highest BCUT2D eigenvalue weighted by atomic mass is 79.9. The molecule has 1 amide bonds. The van der Waals surface area contributed by atoms with Gasteiger partial charge in [-0.1, -0.05) is 11.3 Å². The number of carbonyl (C=O) groups is 1. The van der Waals surface area contributed by atoms with Gasteiger partial charge in [0.05, 0.1) is 15.7 Å². The van der Waals surface area contributed by atoms with E-state index in [1.165, 1.54) is 16.2 Å². The molecule has 0 bridgehead atoms. The van der Waals surface area contributed by atoms with Crippen LogP contribution in [0.15, 0.2) is 22.2 Å². The lowest BCUT2D eigenvalue weighted by atomic mass is 10.5. The molecule has 0 radical (unpaired) electrons. The minimum Gasteiger partial charge on any atom is -0.290 e. The average Bonchev–Trinajstić information content (AvgIpc) is 2.87. The van der Waals surface area contributed by atoms with E-state index < -0.39 is 0 Å². The second kappa shape index (κ2) is 4.97. The zero-order chi connectivity index (χ0) is 12.4. The van der Waals surface area contributed by atoms with E-state index in [1.807, 2.05) is 13.0 Å². The summed E-state index contributed by atoms with van der Waals surface area (Å²) in [6.45, 7) is 2.12. The fourth-order valence-corrected chi connectivity index (χ4v) is 2.46. The van der Waals surface area contributed by atoms with Gasteiger partial charge in [0.1, 0.15) is 6.54 Å². The molecule has 2 rings (SSSR count). The summed E-state index contributed by atoms with van der Waals surface area (Å²) in [4.78, 5) is 17.6. The normalized spacial score (nSPS) is 10.5. The van der Waals surface area contributed by atoms with Crippen molar-refractivity contribution in [1.29, 1.82) is 0 Å². The van der Waals surface area contributed by atoms with Gasteiger partial charge in [-0.2, -0.15) is 5.10 Å². The predicted molar refractivity (Wildman–Crippen MR) is 70.2 cm³/mol. The molecule has 0 saturated heterocycles. The highest BCUT2D eigenvalue weighted by Crippen LogP contribution is 2.25. The first-order valence-electron chi connectivity index (χ1n) is 4.94. The molecule has 2 aromatic rings. The molecular formula is C10H11BrN4OS. The molecule has 0 aliphatic rings. The summed E-state index contributed by atoms with van der Waals surface area (Å²) in [7, 11) is 1.71. The number of hydrogen-bond acceptors (Lipinski definition) is 4. The number of hydrogen-bond donors (Lipinski definition) is 0. The van der Waals surface area contributed by atoms with Crippen LogP contribution in [0.4, 0.5) is 5.13 Å². The zero-order valence-electron chi connectivity index (χ0n) is 9.42. The van der Waals surface area contributed by atoms with Crippen LogP contribution in [0.5, 0.6) is 0 Å². The first kappa shape index (κ1) is 12.3. The Kier molecular flexibility index (Phi) is 3.58. The second-order valence-electron chi connectivity index (χ2n) is 3.55. The number of anilines is 1. The fourth-order valence-electron chi connectivity index (χ4n) is 1.30. The number of thiazole rings is 1. The van der Waals surface area contributed by atoms with Crippen LogP contribution >= 0.6 is 27.3 Å². The quantitative estimate of drug-likeness (QED) is 0.871. The van der Waals surface area contributed by atoms with E-state index in [1.54, 1.807) is 24.1 Å². The van der Waals surface area contributed by atoms with E-state index in [4.69, 9.17) is 0 Å². The molecule has 0 fully saturated rings. The maximum Gasteiger partial charge on any atom is 0.250 e. The summed E-state index contributed by atoms with van der Waals surface area (Å²) < 4.78 is 2.53. The number of carbonyl (C=O) groups excluding carboxylic acids is 1. The van der Waals surface area contributed by atoms with Crippen molar-refractivity contribution in [3.63, 3.8) is 0 Å². The molecule has 0 unspecified atom stereocenters. The van der Waals surface area contributed by atoms with Crippen LogP contribution in [0.2, 0.25) is 0 Å². The fraction of sp³-hybridized carbons (Fsp3) is 0.300. The maximum absolute atomic E-state index is 11.9. The average molecular weight is 315 g/mol. The van der Waals surface area contributed by atoms with Gasteiger partial charge < -0.3 is 0 Å². The van der Waals surface area contributed by atoms with Crippen molar-refractivity contribution in [2.45, 2.75) is 13.5 Å². The monoisotopic (exact) mass is 314 g/mol. The van der Waals surface area contributed by atoms with Crippen LogP contribution in [0.1, 0.15) is 5.69 Å². The van der Waals surface area contributed by atoms with Gasteiger partial charge in [-0.15, -0.1) is 0 Å². The Hall–Kier alpha value is -1.21. The van der Waals surface area contributed by atoms with E-state index in [0.29, 0.717) is 5.13 Å². The molecule has 0 atom stereocenters. The SMILES string of the molecule is Cc1ccn(CC(=O)N(C)c2ncc(Br)s2)n1. The number of rotatable bonds is 3. The Morgan fingerprint density at radius 3 is 2.94 bits per heavy atom. The summed E-state index contributed by atoms with van der Waals surface area (Å²) in [6, 6.07) is 1.87. The largest absolute Gasteiger partial charge is 0.290 e. The van der Waals surface area contributed by atoms with E-state index in [0.717, 1.165) is 9.48 Å². The number of aryl methyl sites for hydroxylation is 1. The summed E-state index contributed by atoms with van der Waals surface area (Å²) in [5.41, 5.74) is 0.900. The molecule has 0 saturated carbocycles. The first-order valence-corrected chi connectivity index (χ1v) is 6.55. The molecular weight excluding hydrogens is 304 g/mol. The highest BCUT2D eigenvalue weighted by Gasteiger charge is 2.14. The van der Waals surface area contributed by atoms with Gasteiger partial charge in [-0.05, 0) is 28.9 Å². The van der Waals surface area contributed by atoms with E-state index in [-0.39, 0.29) is 12.5 Å². The molecule has 0 aromatic carbocycles. The van der Waals surface area contributed by atoms with Crippen LogP contribution in [0.25, 0.3) is 0 Å². The number of likely N-dealkylation sites (N-methyl/N-ethyl adjacent to an activating group) is 1. The van der Waals surface area contributed by atoms with E-state index in [9.17, 15) is 4.79 Å². The Balaban J connectivity index is 2.05. The number of nitrogens with zero attached hydrogens (tertiary/aromatic N) is 4. The van der Waals surface area contributed by atoms with Crippen molar-refractivity contribution >= 4 is 38.3 Å². The molecule has 0 aliphatic carbocycles. The molecule has 90 valence electrons. The Labute approximate surface area is 111 Å². The smallest absolute Gasteiger partial charge is 0.250 e. The lowest BCUT2D eigenvalue weighted by molar-refractivity contribution is -0.119. The third-order valence-electron chi connectivity index (χ3n) is 2.20. The lowest BCUT2D eigenvalue weighted by Crippen LogP contribution is -2.30. The van der Waals surface area contributed by atoms with Gasteiger partial charge >= 0.3 is 0 Å². The molecule has 17 heavy (non-hydrogen) atoms. The molecule has 5 nitrogen and oxygen atoms in total. The summed E-state index contributed by atoms with van der Waals surface area (Å²) in [5.74, 6) is -0.0463. The van der Waals surface area contributed by atoms with Gasteiger partial charge in [0.25, 0.3) is 0 Å². The van der Waals surface area contributed by atoms with Gasteiger partial charge in [0, 0.05) is 13.2 Å². The van der Waals surface area contributed by atoms with Crippen LogP contribution in [-0.4, -0.2) is 27.7 Å². The molecule has 2 aromatic heterocycles. The third-order valence-corrected chi connectivity index (χ3v) is 3.75. The summed E-state index contributed by atoms with van der Waals surface area (Å²) in [6.07, 6.45) is 3.47. The van der Waals surface area contributed by atoms with Gasteiger partial charge in [0.2, 0.25) is 5.91 Å². The molecule has 0 aliphatic heterocycles. The van der Waals surface area contributed by atoms with E-state index >= 15 is 0 Å². The van der Waals surface area contributed by atoms with E-state index in [2.05, 4.69) is 26.0 Å². The number of halogens is 1. The van der Waals surface area contributed by atoms with Crippen LogP contribution in [0.3, 0.4) is 0 Å². The van der Waals surface area contributed by atoms with Crippen molar-refractivity contribution in [1.82, 2.24) is 14.8 Å². The summed E-state index contributed by atoms with van der Waals surface area (Å²) in [5, 5.41) is 4.85. The zero-order valence-corrected chi connectivity index (χ0v) is 11.8. The Morgan fingerprint density at radius 1 is 1.65 bits per heavy atom. The van der Waals surface area contributed by atoms with Crippen molar-refractivity contribution in [2.24, 2.45) is 0 Å². The molecule has 0 spiro atoms. The van der Waals surface area contributed by atoms with Crippen LogP contribution < -0.4 is 4.90 Å². The standard InChI is InChI=1S/C10H11BrN4OS/c1-7-3-4-15(13-7)6-9(16)14(2)10-12-5-8(11)17-10/h3-5H,6H2,1-2H3. The van der Waals surface area contributed by atoms with Crippen molar-refractivity contribution in [2.75, 3.05) is 11.9 Å². The van der Waals surface area contributed by atoms with Crippen LogP contribution in [-0.2, 0) is 11.3 Å². The van der Waals surface area contributed by atoms with Crippen molar-refractivity contribution in [3.8, 4) is 0 Å². The molecule has 0 N–H and O–H groups in total. The van der Waals surface area contributed by atoms with Gasteiger partial charge in [-0.25, -0.2) is 4.98 Å². The Morgan fingerprint density at radius 2 is 2.41 bits per heavy atom. The molecule has 2 heterocycles. The number of amides is 1. The topological polar surface area (TPSA) is 51.0 Å². The lowest BCUT2D eigenvalue weighted by Gasteiger charge is -2.13. The summed E-state index contributed by atoms with van der Waals surface area (Å²) >= 11 is 4.74. The molecule has 7 heteroatoms. The van der Waals surface area contributed by atoms with Crippen LogP contribution in [0, 0.1) is 6.92 Å². The van der Waals surface area contributed by atoms with Crippen molar-refractivity contribution in [3.05, 3.63) is 27.9 Å². The highest BCUT2D eigenvalue weighted by molar-refractivity contribution is 9.11. The first-order chi connectivity index (χ1) is 8.06. The van der Waals surface area contributed by atoms with Gasteiger partial charge in [-0.3, -0.25) is 14.4 Å². The number of aromatic nitrogens is 3. The Bertz CT molecular complexity index is 536. The predicted octanol–water partition coefficient (Wildman–Crippen LogP) is 2.07. The minimum absolute atomic E-state index is 0.0463.